The molecule has 1 saturated carbocycles. The molecule has 2 aromatic rings. The molecule has 1 aliphatic rings. The second-order valence-corrected chi connectivity index (χ2v) is 10.5. The predicted octanol–water partition coefficient (Wildman–Crippen LogP) is 4.61. The molecular formula is C25H34N2O4S. The molecule has 0 saturated heterocycles. The second-order valence-electron chi connectivity index (χ2n) is 8.72. The second kappa shape index (κ2) is 10.0. The number of hydrogen-bond donors (Lipinski definition) is 0. The molecule has 1 aliphatic carbocycles. The van der Waals surface area contributed by atoms with Gasteiger partial charge in [-0.15, -0.1) is 0 Å². The Balaban J connectivity index is 1.94. The number of benzene rings is 2. The Bertz CT molecular complexity index is 1030. The number of hydrogen-bond acceptors (Lipinski definition) is 4. The molecule has 1 fully saturated rings. The predicted molar refractivity (Wildman–Crippen MR) is 128 cm³/mol. The summed E-state index contributed by atoms with van der Waals surface area (Å²) in [6.45, 7) is 5.44. The summed E-state index contributed by atoms with van der Waals surface area (Å²) in [6.07, 6.45) is 4.62. The third kappa shape index (κ3) is 5.15. The molecule has 0 N–H and O–H groups in total. The largest absolute Gasteiger partial charge is 0.497 e. The number of carbonyl (C=O) groups is 1. The molecule has 0 spiro atoms. The fourth-order valence-corrected chi connectivity index (χ4v) is 6.71. The summed E-state index contributed by atoms with van der Waals surface area (Å²) in [5.41, 5.74) is 3.16. The zero-order valence-corrected chi connectivity index (χ0v) is 20.5. The van der Waals surface area contributed by atoms with Gasteiger partial charge in [-0.3, -0.25) is 4.79 Å². The van der Waals surface area contributed by atoms with Gasteiger partial charge in [0.05, 0.1) is 18.6 Å². The molecule has 0 atom stereocenters. The number of ether oxygens (including phenoxy) is 1. The van der Waals surface area contributed by atoms with Crippen LogP contribution in [-0.2, 0) is 14.8 Å². The number of methoxy groups -OCH3 is 1. The van der Waals surface area contributed by atoms with Gasteiger partial charge in [-0.05, 0) is 69.0 Å². The highest BCUT2D eigenvalue weighted by atomic mass is 32.2. The minimum atomic E-state index is -3.83. The van der Waals surface area contributed by atoms with Crippen LogP contribution in [0, 0.1) is 20.8 Å². The van der Waals surface area contributed by atoms with Crippen LogP contribution in [0.3, 0.4) is 0 Å². The first-order valence-corrected chi connectivity index (χ1v) is 12.6. The summed E-state index contributed by atoms with van der Waals surface area (Å²) in [7, 11) is -0.567. The van der Waals surface area contributed by atoms with Crippen LogP contribution in [0.2, 0.25) is 0 Å². The molecule has 32 heavy (non-hydrogen) atoms. The molecular weight excluding hydrogens is 424 g/mol. The van der Waals surface area contributed by atoms with Gasteiger partial charge in [0.15, 0.2) is 0 Å². The minimum absolute atomic E-state index is 0.165. The summed E-state index contributed by atoms with van der Waals surface area (Å²) in [5, 5.41) is 0. The molecule has 6 nitrogen and oxygen atoms in total. The summed E-state index contributed by atoms with van der Waals surface area (Å²) in [5.74, 6) is 0.443. The number of amides is 1. The van der Waals surface area contributed by atoms with Gasteiger partial charge >= 0.3 is 0 Å². The number of aryl methyl sites for hydroxylation is 3. The van der Waals surface area contributed by atoms with Crippen molar-refractivity contribution in [2.24, 2.45) is 0 Å². The minimum Gasteiger partial charge on any atom is -0.497 e. The zero-order chi connectivity index (χ0) is 23.5. The molecule has 3 rings (SSSR count). The van der Waals surface area contributed by atoms with E-state index in [1.54, 1.807) is 38.4 Å². The lowest BCUT2D eigenvalue weighted by atomic mass is 9.95. The molecule has 0 aromatic heterocycles. The van der Waals surface area contributed by atoms with E-state index in [0.717, 1.165) is 48.8 Å². The van der Waals surface area contributed by atoms with Crippen molar-refractivity contribution in [3.63, 3.8) is 0 Å². The normalized spacial score (nSPS) is 15.1. The molecule has 0 radical (unpaired) electrons. The van der Waals surface area contributed by atoms with Gasteiger partial charge in [0.25, 0.3) is 0 Å². The third-order valence-corrected chi connectivity index (χ3v) is 8.48. The van der Waals surface area contributed by atoms with Crippen molar-refractivity contribution in [3.8, 4) is 5.75 Å². The van der Waals surface area contributed by atoms with Crippen LogP contribution in [0.4, 0.5) is 5.69 Å². The van der Waals surface area contributed by atoms with E-state index in [2.05, 4.69) is 0 Å². The summed E-state index contributed by atoms with van der Waals surface area (Å²) in [4.78, 5) is 15.1. The maximum atomic E-state index is 13.9. The first-order valence-electron chi connectivity index (χ1n) is 11.2. The van der Waals surface area contributed by atoms with Gasteiger partial charge in [-0.25, -0.2) is 8.42 Å². The summed E-state index contributed by atoms with van der Waals surface area (Å²) < 4.78 is 34.4. The SMILES string of the molecule is COc1ccc(N(C)C(=O)CN(C2CCCCC2)S(=O)(=O)c2c(C)cc(C)cc2C)cc1. The Kier molecular flexibility index (Phi) is 7.62. The van der Waals surface area contributed by atoms with Gasteiger partial charge in [0, 0.05) is 18.8 Å². The summed E-state index contributed by atoms with van der Waals surface area (Å²) in [6, 6.07) is 10.8. The van der Waals surface area contributed by atoms with Crippen molar-refractivity contribution in [2.45, 2.75) is 63.8 Å². The Morgan fingerprint density at radius 2 is 1.56 bits per heavy atom. The van der Waals surface area contributed by atoms with E-state index < -0.39 is 10.0 Å². The fourth-order valence-electron chi connectivity index (χ4n) is 4.66. The number of rotatable bonds is 7. The standard InChI is InChI=1S/C25H34N2O4S/c1-18-15-19(2)25(20(3)16-18)32(29,30)27(22-9-7-6-8-10-22)17-24(28)26(4)21-11-13-23(31-5)14-12-21/h11-16,22H,6-10,17H2,1-5H3. The quantitative estimate of drug-likeness (QED) is 0.608. The van der Waals surface area contributed by atoms with Gasteiger partial charge in [0.1, 0.15) is 5.75 Å². The highest BCUT2D eigenvalue weighted by molar-refractivity contribution is 7.89. The number of sulfonamides is 1. The van der Waals surface area contributed by atoms with Crippen LogP contribution in [0.1, 0.15) is 48.8 Å². The Hall–Kier alpha value is -2.38. The highest BCUT2D eigenvalue weighted by Gasteiger charge is 2.36. The van der Waals surface area contributed by atoms with Crippen LogP contribution in [-0.4, -0.2) is 45.4 Å². The smallest absolute Gasteiger partial charge is 0.244 e. The summed E-state index contributed by atoms with van der Waals surface area (Å²) >= 11 is 0. The Labute approximate surface area is 192 Å². The Morgan fingerprint density at radius 3 is 2.09 bits per heavy atom. The van der Waals surface area contributed by atoms with Crippen LogP contribution >= 0.6 is 0 Å². The Morgan fingerprint density at radius 1 is 1.00 bits per heavy atom. The number of likely N-dealkylation sites (N-methyl/N-ethyl adjacent to an activating group) is 1. The average Bonchev–Trinajstić information content (AvgIpc) is 2.76. The molecule has 0 bridgehead atoms. The molecule has 7 heteroatoms. The molecule has 174 valence electrons. The monoisotopic (exact) mass is 458 g/mol. The zero-order valence-electron chi connectivity index (χ0n) is 19.7. The van der Waals surface area contributed by atoms with Crippen molar-refractivity contribution in [2.75, 3.05) is 25.6 Å². The molecule has 0 heterocycles. The maximum absolute atomic E-state index is 13.9. The lowest BCUT2D eigenvalue weighted by Gasteiger charge is -2.34. The van der Waals surface area contributed by atoms with Crippen molar-refractivity contribution in [3.05, 3.63) is 53.1 Å². The lowest BCUT2D eigenvalue weighted by molar-refractivity contribution is -0.119. The van der Waals surface area contributed by atoms with Crippen molar-refractivity contribution < 1.29 is 17.9 Å². The molecule has 1 amide bonds. The van der Waals surface area contributed by atoms with Gasteiger partial charge < -0.3 is 9.64 Å². The van der Waals surface area contributed by atoms with Gasteiger partial charge in [-0.1, -0.05) is 37.0 Å². The third-order valence-electron chi connectivity index (χ3n) is 6.28. The van der Waals surface area contributed by atoms with Crippen molar-refractivity contribution in [1.82, 2.24) is 4.31 Å². The number of anilines is 1. The molecule has 0 aliphatic heterocycles. The van der Waals surface area contributed by atoms with E-state index in [1.165, 1.54) is 9.21 Å². The fraction of sp³-hybridized carbons (Fsp3) is 0.480. The van der Waals surface area contributed by atoms with Gasteiger partial charge in [0.2, 0.25) is 15.9 Å². The topological polar surface area (TPSA) is 66.9 Å². The first kappa shape index (κ1) is 24.3. The van der Waals surface area contributed by atoms with Crippen LogP contribution in [0.5, 0.6) is 5.75 Å². The van der Waals surface area contributed by atoms with Crippen LogP contribution in [0.25, 0.3) is 0 Å². The van der Waals surface area contributed by atoms with E-state index >= 15 is 0 Å². The van der Waals surface area contributed by atoms with Crippen LogP contribution in [0.15, 0.2) is 41.3 Å². The number of carbonyl (C=O) groups excluding carboxylic acids is 1. The first-order chi connectivity index (χ1) is 15.1. The molecule has 0 unspecified atom stereocenters. The van der Waals surface area contributed by atoms with Crippen molar-refractivity contribution >= 4 is 21.6 Å². The van der Waals surface area contributed by atoms with Crippen molar-refractivity contribution in [1.29, 1.82) is 0 Å². The van der Waals surface area contributed by atoms with E-state index in [1.807, 2.05) is 32.9 Å². The van der Waals surface area contributed by atoms with E-state index in [4.69, 9.17) is 4.74 Å². The van der Waals surface area contributed by atoms with E-state index in [0.29, 0.717) is 16.3 Å². The maximum Gasteiger partial charge on any atom is 0.244 e. The van der Waals surface area contributed by atoms with E-state index in [9.17, 15) is 13.2 Å². The van der Waals surface area contributed by atoms with E-state index in [-0.39, 0.29) is 18.5 Å². The molecule has 2 aromatic carbocycles. The van der Waals surface area contributed by atoms with Crippen LogP contribution < -0.4 is 9.64 Å². The highest BCUT2D eigenvalue weighted by Crippen LogP contribution is 2.31. The average molecular weight is 459 g/mol. The lowest BCUT2D eigenvalue weighted by Crippen LogP contribution is -2.47. The number of nitrogens with zero attached hydrogens (tertiary/aromatic N) is 2. The van der Waals surface area contributed by atoms with Gasteiger partial charge in [-0.2, -0.15) is 4.31 Å².